The number of methoxy groups -OCH3 is 1. The molecule has 1 N–H and O–H groups in total. The summed E-state index contributed by atoms with van der Waals surface area (Å²) in [6.07, 6.45) is 1.19. The normalized spacial score (nSPS) is 12.9. The topological polar surface area (TPSA) is 50.8 Å². The van der Waals surface area contributed by atoms with Gasteiger partial charge in [0.05, 0.1) is 19.3 Å². The van der Waals surface area contributed by atoms with Gasteiger partial charge >= 0.3 is 0 Å². The first-order chi connectivity index (χ1) is 12.3. The summed E-state index contributed by atoms with van der Waals surface area (Å²) in [5, 5.41) is 3.01. The van der Waals surface area contributed by atoms with E-state index in [1.165, 1.54) is 0 Å². The minimum atomic E-state index is 0.0735. The number of amides is 1. The number of aryl methyl sites for hydroxylation is 1. The first-order valence-corrected chi connectivity index (χ1v) is 8.62. The van der Waals surface area contributed by atoms with E-state index in [0.717, 1.165) is 35.8 Å². The van der Waals surface area contributed by atoms with Crippen molar-refractivity contribution in [1.29, 1.82) is 0 Å². The van der Waals surface area contributed by atoms with Gasteiger partial charge < -0.3 is 19.7 Å². The predicted molar refractivity (Wildman–Crippen MR) is 98.5 cm³/mol. The third kappa shape index (κ3) is 4.66. The quantitative estimate of drug-likeness (QED) is 0.842. The van der Waals surface area contributed by atoms with Crippen LogP contribution in [0.3, 0.4) is 0 Å². The molecule has 1 heterocycles. The van der Waals surface area contributed by atoms with Gasteiger partial charge in [0, 0.05) is 19.5 Å². The van der Waals surface area contributed by atoms with Gasteiger partial charge in [0.1, 0.15) is 18.1 Å². The Labute approximate surface area is 148 Å². The molecule has 5 heteroatoms. The van der Waals surface area contributed by atoms with E-state index in [1.807, 2.05) is 42.5 Å². The van der Waals surface area contributed by atoms with Crippen molar-refractivity contribution in [3.05, 3.63) is 54.1 Å². The van der Waals surface area contributed by atoms with E-state index in [9.17, 15) is 4.79 Å². The monoisotopic (exact) mass is 340 g/mol. The number of nitrogens with zero attached hydrogens (tertiary/aromatic N) is 1. The Bertz CT molecular complexity index is 718. The van der Waals surface area contributed by atoms with E-state index in [-0.39, 0.29) is 5.91 Å². The molecule has 0 saturated heterocycles. The van der Waals surface area contributed by atoms with Crippen LogP contribution in [0.4, 0.5) is 5.69 Å². The van der Waals surface area contributed by atoms with E-state index in [4.69, 9.17) is 9.47 Å². The molecule has 0 atom stereocenters. The van der Waals surface area contributed by atoms with E-state index in [1.54, 1.807) is 7.11 Å². The maximum atomic E-state index is 12.1. The maximum Gasteiger partial charge on any atom is 0.220 e. The maximum absolute atomic E-state index is 12.1. The van der Waals surface area contributed by atoms with Crippen LogP contribution in [0.25, 0.3) is 0 Å². The molecule has 2 aromatic carbocycles. The molecule has 0 bridgehead atoms. The molecule has 5 nitrogen and oxygen atoms in total. The molecule has 0 unspecified atom stereocenters. The second kappa shape index (κ2) is 8.42. The Morgan fingerprint density at radius 2 is 2.12 bits per heavy atom. The molecule has 0 aliphatic carbocycles. The summed E-state index contributed by atoms with van der Waals surface area (Å²) in [5.41, 5.74) is 2.20. The van der Waals surface area contributed by atoms with Crippen LogP contribution in [0, 0.1) is 0 Å². The third-order valence-corrected chi connectivity index (χ3v) is 4.30. The lowest BCUT2D eigenvalue weighted by Gasteiger charge is -2.31. The molecule has 25 heavy (non-hydrogen) atoms. The number of rotatable bonds is 7. The highest BCUT2D eigenvalue weighted by molar-refractivity contribution is 5.76. The van der Waals surface area contributed by atoms with Gasteiger partial charge in [-0.25, -0.2) is 0 Å². The molecular weight excluding hydrogens is 316 g/mol. The lowest BCUT2D eigenvalue weighted by molar-refractivity contribution is -0.120. The Hall–Kier alpha value is -2.69. The lowest BCUT2D eigenvalue weighted by atomic mass is 10.1. The van der Waals surface area contributed by atoms with E-state index in [2.05, 4.69) is 16.3 Å². The zero-order valence-electron chi connectivity index (χ0n) is 14.5. The molecule has 0 spiro atoms. The van der Waals surface area contributed by atoms with E-state index >= 15 is 0 Å². The number of hydrogen-bond acceptors (Lipinski definition) is 4. The van der Waals surface area contributed by atoms with Crippen LogP contribution < -0.4 is 19.7 Å². The molecule has 132 valence electrons. The summed E-state index contributed by atoms with van der Waals surface area (Å²) in [6, 6.07) is 15.9. The number of hydrogen-bond donors (Lipinski definition) is 1. The number of ether oxygens (including phenoxy) is 2. The second-order valence-corrected chi connectivity index (χ2v) is 6.00. The average Bonchev–Trinajstić information content (AvgIpc) is 2.67. The van der Waals surface area contributed by atoms with Crippen molar-refractivity contribution in [3.8, 4) is 11.5 Å². The van der Waals surface area contributed by atoms with E-state index < -0.39 is 0 Å². The smallest absolute Gasteiger partial charge is 0.220 e. The van der Waals surface area contributed by atoms with Crippen LogP contribution >= 0.6 is 0 Å². The van der Waals surface area contributed by atoms with Gasteiger partial charge in [-0.15, -0.1) is 0 Å². The average molecular weight is 340 g/mol. The minimum absolute atomic E-state index is 0.0735. The van der Waals surface area contributed by atoms with Crippen molar-refractivity contribution in [2.45, 2.75) is 12.8 Å². The van der Waals surface area contributed by atoms with Crippen LogP contribution in [0.15, 0.2) is 48.5 Å². The molecule has 1 aliphatic heterocycles. The summed E-state index contributed by atoms with van der Waals surface area (Å²) in [4.78, 5) is 14.3. The SMILES string of the molecule is COc1cccc(CCC(=O)NCCN2CCOc3ccccc32)c1. The Kier molecular flexibility index (Phi) is 5.77. The molecule has 0 fully saturated rings. The Balaban J connectivity index is 1.42. The fourth-order valence-corrected chi connectivity index (χ4v) is 2.96. The fourth-order valence-electron chi connectivity index (χ4n) is 2.96. The number of carbonyl (C=O) groups excluding carboxylic acids is 1. The fraction of sp³-hybridized carbons (Fsp3) is 0.350. The molecule has 0 radical (unpaired) electrons. The first-order valence-electron chi connectivity index (χ1n) is 8.62. The summed E-state index contributed by atoms with van der Waals surface area (Å²) < 4.78 is 10.9. The van der Waals surface area contributed by atoms with Crippen molar-refractivity contribution >= 4 is 11.6 Å². The van der Waals surface area contributed by atoms with Gasteiger partial charge in [0.25, 0.3) is 0 Å². The number of anilines is 1. The molecule has 3 rings (SSSR count). The number of carbonyl (C=O) groups is 1. The second-order valence-electron chi connectivity index (χ2n) is 6.00. The number of para-hydroxylation sites is 2. The van der Waals surface area contributed by atoms with Crippen molar-refractivity contribution in [1.82, 2.24) is 5.32 Å². The Morgan fingerprint density at radius 1 is 1.24 bits per heavy atom. The largest absolute Gasteiger partial charge is 0.497 e. The Morgan fingerprint density at radius 3 is 3.00 bits per heavy atom. The third-order valence-electron chi connectivity index (χ3n) is 4.30. The zero-order chi connectivity index (χ0) is 17.5. The van der Waals surface area contributed by atoms with Crippen molar-refractivity contribution < 1.29 is 14.3 Å². The van der Waals surface area contributed by atoms with Gasteiger partial charge in [0.15, 0.2) is 0 Å². The van der Waals surface area contributed by atoms with Crippen LogP contribution in [-0.4, -0.2) is 39.3 Å². The van der Waals surface area contributed by atoms with Crippen LogP contribution in [0.1, 0.15) is 12.0 Å². The van der Waals surface area contributed by atoms with Crippen LogP contribution in [-0.2, 0) is 11.2 Å². The van der Waals surface area contributed by atoms with Gasteiger partial charge in [-0.3, -0.25) is 4.79 Å². The zero-order valence-corrected chi connectivity index (χ0v) is 14.5. The summed E-state index contributed by atoms with van der Waals surface area (Å²) in [6.45, 7) is 2.94. The highest BCUT2D eigenvalue weighted by atomic mass is 16.5. The molecule has 1 aliphatic rings. The molecule has 0 saturated carbocycles. The molecule has 1 amide bonds. The van der Waals surface area contributed by atoms with Gasteiger partial charge in [-0.05, 0) is 36.2 Å². The number of nitrogens with one attached hydrogen (secondary N) is 1. The van der Waals surface area contributed by atoms with Gasteiger partial charge in [0.2, 0.25) is 5.91 Å². The van der Waals surface area contributed by atoms with Crippen LogP contribution in [0.5, 0.6) is 11.5 Å². The first kappa shape index (κ1) is 17.1. The van der Waals surface area contributed by atoms with Crippen LogP contribution in [0.2, 0.25) is 0 Å². The van der Waals surface area contributed by atoms with Crippen molar-refractivity contribution in [3.63, 3.8) is 0 Å². The van der Waals surface area contributed by atoms with E-state index in [0.29, 0.717) is 26.0 Å². The molecule has 2 aromatic rings. The molecular formula is C20H24N2O3. The number of fused-ring (bicyclic) bond motifs is 1. The lowest BCUT2D eigenvalue weighted by Crippen LogP contribution is -2.39. The highest BCUT2D eigenvalue weighted by Crippen LogP contribution is 2.30. The molecule has 0 aromatic heterocycles. The van der Waals surface area contributed by atoms with Gasteiger partial charge in [-0.1, -0.05) is 24.3 Å². The highest BCUT2D eigenvalue weighted by Gasteiger charge is 2.16. The summed E-state index contributed by atoms with van der Waals surface area (Å²) >= 11 is 0. The van der Waals surface area contributed by atoms with Gasteiger partial charge in [-0.2, -0.15) is 0 Å². The summed E-state index contributed by atoms with van der Waals surface area (Å²) in [7, 11) is 1.65. The minimum Gasteiger partial charge on any atom is -0.497 e. The predicted octanol–water partition coefficient (Wildman–Crippen LogP) is 2.64. The van der Waals surface area contributed by atoms with Crippen molar-refractivity contribution in [2.24, 2.45) is 0 Å². The summed E-state index contributed by atoms with van der Waals surface area (Å²) in [5.74, 6) is 1.81. The van der Waals surface area contributed by atoms with Crippen molar-refractivity contribution in [2.75, 3.05) is 38.3 Å². The standard InChI is InChI=1S/C20H24N2O3/c1-24-17-6-4-5-16(15-17)9-10-20(23)21-11-12-22-13-14-25-19-8-3-2-7-18(19)22/h2-8,15H,9-14H2,1H3,(H,21,23). The number of benzene rings is 2.